The minimum Gasteiger partial charge on any atom is -0.306 e. The lowest BCUT2D eigenvalue weighted by Gasteiger charge is -2.28. The van der Waals surface area contributed by atoms with E-state index in [-0.39, 0.29) is 5.69 Å². The predicted molar refractivity (Wildman–Crippen MR) is 98.0 cm³/mol. The van der Waals surface area contributed by atoms with Crippen LogP contribution >= 0.6 is 15.9 Å². The monoisotopic (exact) mass is 432 g/mol. The number of hydrogen-bond donors (Lipinski definition) is 2. The Morgan fingerprint density at radius 2 is 1.89 bits per heavy atom. The maximum absolute atomic E-state index is 13.8. The molecule has 138 valence electrons. The molecule has 5 amide bonds. The summed E-state index contributed by atoms with van der Waals surface area (Å²) in [5.41, 5.74) is 4.12. The van der Waals surface area contributed by atoms with Crippen molar-refractivity contribution in [2.45, 2.75) is 19.0 Å². The zero-order valence-electron chi connectivity index (χ0n) is 13.9. The minimum absolute atomic E-state index is 0.0695. The Morgan fingerprint density at radius 3 is 2.63 bits per heavy atom. The molecule has 27 heavy (non-hydrogen) atoms. The maximum Gasteiger partial charge on any atom is 0.347 e. The van der Waals surface area contributed by atoms with Crippen LogP contribution in [-0.4, -0.2) is 33.9 Å². The van der Waals surface area contributed by atoms with Gasteiger partial charge >= 0.3 is 12.1 Å². The van der Waals surface area contributed by atoms with Gasteiger partial charge in [0.1, 0.15) is 11.9 Å². The number of imide groups is 1. The van der Waals surface area contributed by atoms with Crippen LogP contribution in [0.2, 0.25) is 0 Å². The summed E-state index contributed by atoms with van der Waals surface area (Å²) in [5.74, 6) is -1.16. The lowest BCUT2D eigenvalue weighted by atomic mass is 9.95. The molecule has 0 aliphatic carbocycles. The van der Waals surface area contributed by atoms with Gasteiger partial charge in [-0.3, -0.25) is 4.79 Å². The summed E-state index contributed by atoms with van der Waals surface area (Å²) in [5, 5.41) is 2.98. The van der Waals surface area contributed by atoms with Crippen molar-refractivity contribution in [2.75, 3.05) is 5.32 Å². The first-order chi connectivity index (χ1) is 12.9. The molecule has 0 spiro atoms. The molecule has 0 radical (unpaired) electrons. The van der Waals surface area contributed by atoms with E-state index in [4.69, 9.17) is 0 Å². The van der Waals surface area contributed by atoms with Gasteiger partial charge in [0.05, 0.1) is 5.69 Å². The fraction of sp³-hybridized carbons (Fsp3) is 0.167. The molecular weight excluding hydrogens is 419 g/mol. The summed E-state index contributed by atoms with van der Waals surface area (Å²) < 4.78 is 14.4. The molecule has 9 heteroatoms. The standard InChI is InChI=1S/C18H14BrFN4O3/c19-12-5-6-14(13(20)8-12)21-17(26)22-24-16(25)15-7-10-3-1-2-4-11(10)9-23(15)18(24)27/h1-6,8,15H,7,9H2,(H2,21,22,26)/t15-/m0/s1. The molecule has 7 nitrogen and oxygen atoms in total. The summed E-state index contributed by atoms with van der Waals surface area (Å²) in [6.07, 6.45) is 0.391. The first kappa shape index (κ1) is 17.5. The number of hydrogen-bond acceptors (Lipinski definition) is 3. The van der Waals surface area contributed by atoms with Gasteiger partial charge in [0.15, 0.2) is 0 Å². The number of nitrogens with zero attached hydrogens (tertiary/aromatic N) is 2. The zero-order valence-corrected chi connectivity index (χ0v) is 15.5. The highest BCUT2D eigenvalue weighted by Gasteiger charge is 2.48. The van der Waals surface area contributed by atoms with Crippen LogP contribution in [0.3, 0.4) is 0 Å². The second kappa shape index (κ2) is 6.66. The molecule has 0 bridgehead atoms. The second-order valence-corrected chi connectivity index (χ2v) is 7.18. The molecule has 2 N–H and O–H groups in total. The third-order valence-electron chi connectivity index (χ3n) is 4.58. The highest BCUT2D eigenvalue weighted by Crippen LogP contribution is 2.29. The van der Waals surface area contributed by atoms with Crippen LogP contribution in [-0.2, 0) is 17.8 Å². The van der Waals surface area contributed by atoms with Crippen molar-refractivity contribution in [3.8, 4) is 0 Å². The van der Waals surface area contributed by atoms with Gasteiger partial charge in [-0.05, 0) is 29.3 Å². The van der Waals surface area contributed by atoms with Gasteiger partial charge in [0.2, 0.25) is 0 Å². The summed E-state index contributed by atoms with van der Waals surface area (Å²) in [4.78, 5) is 38.7. The normalized spacial score (nSPS) is 18.2. The van der Waals surface area contributed by atoms with Crippen LogP contribution in [0.1, 0.15) is 11.1 Å². The van der Waals surface area contributed by atoms with Gasteiger partial charge in [-0.25, -0.2) is 19.4 Å². The van der Waals surface area contributed by atoms with Crippen LogP contribution < -0.4 is 10.7 Å². The van der Waals surface area contributed by atoms with E-state index in [0.29, 0.717) is 22.4 Å². The number of anilines is 1. The Hall–Kier alpha value is -2.94. The van der Waals surface area contributed by atoms with Gasteiger partial charge < -0.3 is 10.2 Å². The van der Waals surface area contributed by atoms with Gasteiger partial charge in [-0.15, -0.1) is 0 Å². The summed E-state index contributed by atoms with van der Waals surface area (Å²) in [6.45, 7) is 0.298. The Labute approximate surface area is 162 Å². The number of fused-ring (bicyclic) bond motifs is 2. The van der Waals surface area contributed by atoms with Crippen molar-refractivity contribution in [1.29, 1.82) is 0 Å². The van der Waals surface area contributed by atoms with Crippen LogP contribution in [0.4, 0.5) is 19.7 Å². The van der Waals surface area contributed by atoms with Crippen LogP contribution in [0.5, 0.6) is 0 Å². The first-order valence-electron chi connectivity index (χ1n) is 8.18. The van der Waals surface area contributed by atoms with E-state index in [1.54, 1.807) is 6.07 Å². The molecule has 2 aliphatic heterocycles. The average Bonchev–Trinajstić information content (AvgIpc) is 2.87. The molecular formula is C18H14BrFN4O3. The third kappa shape index (κ3) is 3.14. The van der Waals surface area contributed by atoms with E-state index in [1.807, 2.05) is 24.3 Å². The number of hydrazine groups is 1. The topological polar surface area (TPSA) is 81.8 Å². The number of halogens is 2. The lowest BCUT2D eigenvalue weighted by Crippen LogP contribution is -2.48. The fourth-order valence-corrected chi connectivity index (χ4v) is 3.60. The van der Waals surface area contributed by atoms with E-state index in [0.717, 1.165) is 11.1 Å². The van der Waals surface area contributed by atoms with Gasteiger partial charge in [0.25, 0.3) is 5.91 Å². The molecule has 4 rings (SSSR count). The Kier molecular flexibility index (Phi) is 4.31. The maximum atomic E-state index is 13.8. The number of carbonyl (C=O) groups is 3. The summed E-state index contributed by atoms with van der Waals surface area (Å²) in [6, 6.07) is 9.56. The van der Waals surface area contributed by atoms with Crippen molar-refractivity contribution >= 4 is 39.6 Å². The number of amides is 5. The number of rotatable bonds is 2. The first-order valence-corrected chi connectivity index (χ1v) is 8.97. The van der Waals surface area contributed by atoms with Crippen LogP contribution in [0, 0.1) is 5.82 Å². The molecule has 0 aromatic heterocycles. The second-order valence-electron chi connectivity index (χ2n) is 6.26. The Morgan fingerprint density at radius 1 is 1.15 bits per heavy atom. The molecule has 1 atom stereocenters. The highest BCUT2D eigenvalue weighted by atomic mass is 79.9. The molecule has 0 saturated carbocycles. The quantitative estimate of drug-likeness (QED) is 0.715. The third-order valence-corrected chi connectivity index (χ3v) is 5.08. The van der Waals surface area contributed by atoms with Gasteiger partial charge in [-0.2, -0.15) is 5.01 Å². The van der Waals surface area contributed by atoms with E-state index >= 15 is 0 Å². The Bertz CT molecular complexity index is 924. The number of urea groups is 2. The molecule has 2 aliphatic rings. The van der Waals surface area contributed by atoms with Crippen LogP contribution in [0.15, 0.2) is 46.9 Å². The van der Waals surface area contributed by atoms with Crippen molar-refractivity contribution in [3.05, 3.63) is 63.9 Å². The Balaban J connectivity index is 1.48. The number of carbonyl (C=O) groups excluding carboxylic acids is 3. The van der Waals surface area contributed by atoms with E-state index < -0.39 is 29.8 Å². The number of benzene rings is 2. The van der Waals surface area contributed by atoms with E-state index in [2.05, 4.69) is 26.7 Å². The largest absolute Gasteiger partial charge is 0.347 e. The highest BCUT2D eigenvalue weighted by molar-refractivity contribution is 9.10. The molecule has 2 heterocycles. The van der Waals surface area contributed by atoms with Crippen molar-refractivity contribution in [3.63, 3.8) is 0 Å². The minimum atomic E-state index is -0.879. The number of nitrogens with one attached hydrogen (secondary N) is 2. The average molecular weight is 433 g/mol. The fourth-order valence-electron chi connectivity index (χ4n) is 3.26. The summed E-state index contributed by atoms with van der Waals surface area (Å²) in [7, 11) is 0. The van der Waals surface area contributed by atoms with E-state index in [9.17, 15) is 18.8 Å². The predicted octanol–water partition coefficient (Wildman–Crippen LogP) is 3.01. The van der Waals surface area contributed by atoms with Gasteiger partial charge in [-0.1, -0.05) is 40.2 Å². The molecule has 1 fully saturated rings. The molecule has 2 aromatic rings. The smallest absolute Gasteiger partial charge is 0.306 e. The SMILES string of the molecule is O=C(Nc1ccc(Br)cc1F)NN1C(=O)[C@@H]2Cc3ccccc3CN2C1=O. The lowest BCUT2D eigenvalue weighted by molar-refractivity contribution is -0.129. The summed E-state index contributed by atoms with van der Waals surface area (Å²) >= 11 is 3.13. The molecule has 1 saturated heterocycles. The molecule has 0 unspecified atom stereocenters. The molecule has 2 aromatic carbocycles. The van der Waals surface area contributed by atoms with Crippen LogP contribution in [0.25, 0.3) is 0 Å². The van der Waals surface area contributed by atoms with Crippen molar-refractivity contribution < 1.29 is 18.8 Å². The zero-order chi connectivity index (χ0) is 19.1. The van der Waals surface area contributed by atoms with Crippen molar-refractivity contribution in [1.82, 2.24) is 15.3 Å². The van der Waals surface area contributed by atoms with Gasteiger partial charge in [0, 0.05) is 17.4 Å². The van der Waals surface area contributed by atoms with Crippen molar-refractivity contribution in [2.24, 2.45) is 0 Å². The van der Waals surface area contributed by atoms with E-state index in [1.165, 1.54) is 17.0 Å².